The Labute approximate surface area is 94.4 Å². The van der Waals surface area contributed by atoms with Crippen LogP contribution in [0.4, 0.5) is 0 Å². The largest absolute Gasteiger partial charge is 0.469 e. The molecule has 0 spiro atoms. The van der Waals surface area contributed by atoms with Gasteiger partial charge in [-0.3, -0.25) is 9.59 Å². The number of rotatable bonds is 4. The number of methoxy groups -OCH3 is 1. The maximum atomic E-state index is 11.3. The normalized spacial score (nSPS) is 24.3. The lowest BCUT2D eigenvalue weighted by Crippen LogP contribution is -2.24. The average molecular weight is 224 g/mol. The monoisotopic (exact) mass is 224 g/mol. The first kappa shape index (κ1) is 12.6. The van der Waals surface area contributed by atoms with E-state index in [4.69, 9.17) is 5.53 Å². The van der Waals surface area contributed by atoms with Crippen LogP contribution in [-0.4, -0.2) is 29.9 Å². The zero-order valence-corrected chi connectivity index (χ0v) is 9.39. The second kappa shape index (κ2) is 6.18. The Morgan fingerprint density at radius 1 is 1.38 bits per heavy atom. The highest BCUT2D eigenvalue weighted by atomic mass is 16.5. The summed E-state index contributed by atoms with van der Waals surface area (Å²) in [5.74, 6) is -0.0278. The van der Waals surface area contributed by atoms with Gasteiger partial charge in [-0.15, -0.1) is 0 Å². The van der Waals surface area contributed by atoms with Gasteiger partial charge in [-0.05, 0) is 31.6 Å². The minimum Gasteiger partial charge on any atom is -0.469 e. The SMILES string of the molecule is COC(=O)[C@H]1CC[C@H](CC(=O)C=[N+]=[N-])CC1. The van der Waals surface area contributed by atoms with Gasteiger partial charge in [0.15, 0.2) is 0 Å². The van der Waals surface area contributed by atoms with Crippen LogP contribution in [0.1, 0.15) is 32.1 Å². The van der Waals surface area contributed by atoms with E-state index >= 15 is 0 Å². The molecule has 1 rings (SSSR count). The highest BCUT2D eigenvalue weighted by molar-refractivity contribution is 6.25. The molecule has 88 valence electrons. The van der Waals surface area contributed by atoms with Gasteiger partial charge in [-0.25, -0.2) is 0 Å². The number of hydrogen-bond acceptors (Lipinski definition) is 3. The highest BCUT2D eigenvalue weighted by Crippen LogP contribution is 2.31. The molecule has 0 aromatic carbocycles. The van der Waals surface area contributed by atoms with Crippen LogP contribution >= 0.6 is 0 Å². The molecule has 0 unspecified atom stereocenters. The van der Waals surface area contributed by atoms with Crippen molar-refractivity contribution in [2.24, 2.45) is 11.8 Å². The fraction of sp³-hybridized carbons (Fsp3) is 0.727. The Morgan fingerprint density at radius 2 is 2.00 bits per heavy atom. The van der Waals surface area contributed by atoms with Crippen molar-refractivity contribution in [3.63, 3.8) is 0 Å². The fourth-order valence-electron chi connectivity index (χ4n) is 2.17. The molecule has 0 aliphatic heterocycles. The third-order valence-corrected chi connectivity index (χ3v) is 3.07. The van der Waals surface area contributed by atoms with Gasteiger partial charge in [0, 0.05) is 6.42 Å². The number of esters is 1. The standard InChI is InChI=1S/C11H16N2O3/c1-16-11(15)9-4-2-8(3-5-9)6-10(14)7-13-12/h7-9H,2-6H2,1H3/t8-,9-. The van der Waals surface area contributed by atoms with Gasteiger partial charge in [-0.1, -0.05) is 0 Å². The first-order chi connectivity index (χ1) is 7.67. The van der Waals surface area contributed by atoms with E-state index in [0.717, 1.165) is 31.9 Å². The molecule has 1 saturated carbocycles. The van der Waals surface area contributed by atoms with E-state index in [0.29, 0.717) is 12.3 Å². The second-order valence-electron chi connectivity index (χ2n) is 4.16. The van der Waals surface area contributed by atoms with Crippen molar-refractivity contribution in [1.82, 2.24) is 0 Å². The van der Waals surface area contributed by atoms with Crippen LogP contribution in [0.5, 0.6) is 0 Å². The van der Waals surface area contributed by atoms with Crippen LogP contribution in [0, 0.1) is 11.8 Å². The molecule has 0 radical (unpaired) electrons. The first-order valence-electron chi connectivity index (χ1n) is 5.45. The summed E-state index contributed by atoms with van der Waals surface area (Å²) in [5.41, 5.74) is 8.20. The Bertz CT molecular complexity index is 313. The lowest BCUT2D eigenvalue weighted by atomic mass is 9.80. The number of Topliss-reactive ketones (excluding diaryl/α,β-unsaturated/α-hetero) is 1. The van der Waals surface area contributed by atoms with E-state index in [9.17, 15) is 9.59 Å². The number of nitrogens with zero attached hydrogens (tertiary/aromatic N) is 2. The van der Waals surface area contributed by atoms with Crippen LogP contribution < -0.4 is 0 Å². The number of hydrogen-bond donors (Lipinski definition) is 0. The molecule has 16 heavy (non-hydrogen) atoms. The molecule has 0 heterocycles. The summed E-state index contributed by atoms with van der Waals surface area (Å²) in [6, 6.07) is 0. The van der Waals surface area contributed by atoms with Gasteiger partial charge in [-0.2, -0.15) is 4.79 Å². The van der Waals surface area contributed by atoms with Crippen molar-refractivity contribution in [1.29, 1.82) is 0 Å². The molecule has 1 fully saturated rings. The summed E-state index contributed by atoms with van der Waals surface area (Å²) >= 11 is 0. The minimum absolute atomic E-state index is 0.0112. The molecule has 5 heteroatoms. The molecule has 5 nitrogen and oxygen atoms in total. The lowest BCUT2D eigenvalue weighted by molar-refractivity contribution is -0.146. The maximum Gasteiger partial charge on any atom is 0.323 e. The van der Waals surface area contributed by atoms with Crippen molar-refractivity contribution in [3.05, 3.63) is 5.53 Å². The van der Waals surface area contributed by atoms with Gasteiger partial charge in [0.05, 0.1) is 13.0 Å². The van der Waals surface area contributed by atoms with E-state index < -0.39 is 0 Å². The van der Waals surface area contributed by atoms with E-state index in [2.05, 4.69) is 9.53 Å². The Balaban J connectivity index is 2.34. The number of ketones is 1. The van der Waals surface area contributed by atoms with Gasteiger partial charge in [0.1, 0.15) is 0 Å². The predicted molar refractivity (Wildman–Crippen MR) is 56.8 cm³/mol. The quantitative estimate of drug-likeness (QED) is 0.312. The number of ether oxygens (including phenoxy) is 1. The zero-order valence-electron chi connectivity index (χ0n) is 9.39. The van der Waals surface area contributed by atoms with Crippen LogP contribution in [0.2, 0.25) is 0 Å². The predicted octanol–water partition coefficient (Wildman–Crippen LogP) is 1.23. The topological polar surface area (TPSA) is 79.8 Å². The summed E-state index contributed by atoms with van der Waals surface area (Å²) in [6.45, 7) is 0. The van der Waals surface area contributed by atoms with Crippen molar-refractivity contribution >= 4 is 18.0 Å². The van der Waals surface area contributed by atoms with Gasteiger partial charge in [0.25, 0.3) is 0 Å². The fourth-order valence-corrected chi connectivity index (χ4v) is 2.17. The number of carbonyl (C=O) groups is 2. The van der Waals surface area contributed by atoms with Crippen LogP contribution in [-0.2, 0) is 14.3 Å². The van der Waals surface area contributed by atoms with Crippen molar-refractivity contribution in [2.75, 3.05) is 7.11 Å². The van der Waals surface area contributed by atoms with Crippen molar-refractivity contribution in [3.8, 4) is 0 Å². The minimum atomic E-state index is -0.163. The van der Waals surface area contributed by atoms with Gasteiger partial charge < -0.3 is 10.3 Å². The molecule has 1 aliphatic carbocycles. The molecular weight excluding hydrogens is 208 g/mol. The Kier molecular flexibility index (Phi) is 4.86. The zero-order chi connectivity index (χ0) is 12.0. The van der Waals surface area contributed by atoms with Gasteiger partial charge in [0.2, 0.25) is 5.78 Å². The summed E-state index contributed by atoms with van der Waals surface area (Å²) in [7, 11) is 1.40. The van der Waals surface area contributed by atoms with Crippen LogP contribution in [0.25, 0.3) is 5.53 Å². The van der Waals surface area contributed by atoms with Crippen molar-refractivity contribution in [2.45, 2.75) is 32.1 Å². The Hall–Kier alpha value is -1.48. The van der Waals surface area contributed by atoms with Crippen molar-refractivity contribution < 1.29 is 19.1 Å². The molecule has 0 atom stereocenters. The summed E-state index contributed by atoms with van der Waals surface area (Å²) < 4.78 is 4.68. The summed E-state index contributed by atoms with van der Waals surface area (Å²) in [4.78, 5) is 25.1. The summed E-state index contributed by atoms with van der Waals surface area (Å²) in [6.07, 6.45) is 4.60. The molecule has 0 saturated heterocycles. The molecular formula is C11H16N2O3. The molecule has 0 aromatic rings. The third-order valence-electron chi connectivity index (χ3n) is 3.07. The molecule has 0 aromatic heterocycles. The van der Waals surface area contributed by atoms with E-state index in [1.165, 1.54) is 7.11 Å². The molecule has 0 N–H and O–H groups in total. The second-order valence-corrected chi connectivity index (χ2v) is 4.16. The number of carbonyl (C=O) groups excluding carboxylic acids is 2. The highest BCUT2D eigenvalue weighted by Gasteiger charge is 2.28. The maximum absolute atomic E-state index is 11.3. The first-order valence-corrected chi connectivity index (χ1v) is 5.45. The van der Waals surface area contributed by atoms with Gasteiger partial charge >= 0.3 is 12.2 Å². The van der Waals surface area contributed by atoms with E-state index in [1.54, 1.807) is 0 Å². The smallest absolute Gasteiger partial charge is 0.323 e. The van der Waals surface area contributed by atoms with Crippen LogP contribution in [0.3, 0.4) is 0 Å². The molecule has 0 bridgehead atoms. The van der Waals surface area contributed by atoms with E-state index in [1.807, 2.05) is 0 Å². The third kappa shape index (κ3) is 3.59. The Morgan fingerprint density at radius 3 is 2.50 bits per heavy atom. The lowest BCUT2D eigenvalue weighted by Gasteiger charge is -2.25. The molecule has 1 aliphatic rings. The summed E-state index contributed by atoms with van der Waals surface area (Å²) in [5, 5.41) is 0. The van der Waals surface area contributed by atoms with Crippen LogP contribution in [0.15, 0.2) is 0 Å². The molecule has 0 amide bonds. The average Bonchev–Trinajstić information content (AvgIpc) is 2.29. The van der Waals surface area contributed by atoms with E-state index in [-0.39, 0.29) is 17.7 Å².